The Morgan fingerprint density at radius 3 is 2.29 bits per heavy atom. The zero-order valence-corrected chi connectivity index (χ0v) is 12.0. The van der Waals surface area contributed by atoms with Gasteiger partial charge < -0.3 is 19.3 Å². The van der Waals surface area contributed by atoms with Crippen molar-refractivity contribution in [1.82, 2.24) is 0 Å². The summed E-state index contributed by atoms with van der Waals surface area (Å²) in [6, 6.07) is 10.2. The number of aromatic carboxylic acids is 1. The van der Waals surface area contributed by atoms with Crippen LogP contribution in [0.25, 0.3) is 11.1 Å². The van der Waals surface area contributed by atoms with Crippen molar-refractivity contribution in [2.24, 2.45) is 0 Å². The molecule has 2 aromatic carbocycles. The van der Waals surface area contributed by atoms with E-state index in [2.05, 4.69) is 0 Å². The molecule has 0 aliphatic heterocycles. The molecule has 5 nitrogen and oxygen atoms in total. The second kappa shape index (κ2) is 6.17. The highest BCUT2D eigenvalue weighted by atomic mass is 16.5. The quantitative estimate of drug-likeness (QED) is 0.916. The number of benzene rings is 2. The normalized spacial score (nSPS) is 10.0. The zero-order chi connectivity index (χ0) is 15.4. The second-order valence-corrected chi connectivity index (χ2v) is 4.26. The molecule has 0 spiro atoms. The van der Waals surface area contributed by atoms with Crippen LogP contribution in [0.1, 0.15) is 10.4 Å². The molecule has 0 aromatic heterocycles. The Morgan fingerprint density at radius 2 is 1.71 bits per heavy atom. The standard InChI is InChI=1S/C16H16O5/c1-19-10-7-8-11(13(9-10)16(17)18)12-5-4-6-14(20-2)15(12)21-3/h4-9H,1-3H3,(H,17,18). The van der Waals surface area contributed by atoms with E-state index in [4.69, 9.17) is 14.2 Å². The number of para-hydroxylation sites is 1. The number of hydrogen-bond acceptors (Lipinski definition) is 4. The van der Waals surface area contributed by atoms with Gasteiger partial charge in [-0.05, 0) is 24.3 Å². The topological polar surface area (TPSA) is 65.0 Å². The highest BCUT2D eigenvalue weighted by molar-refractivity contribution is 5.97. The Hall–Kier alpha value is -2.69. The van der Waals surface area contributed by atoms with E-state index in [0.29, 0.717) is 28.4 Å². The molecule has 0 heterocycles. The molecule has 2 aromatic rings. The number of ether oxygens (including phenoxy) is 3. The summed E-state index contributed by atoms with van der Waals surface area (Å²) in [5.41, 5.74) is 1.33. The fraction of sp³-hybridized carbons (Fsp3) is 0.188. The monoisotopic (exact) mass is 288 g/mol. The third-order valence-corrected chi connectivity index (χ3v) is 3.15. The van der Waals surface area contributed by atoms with E-state index in [0.717, 1.165) is 0 Å². The lowest BCUT2D eigenvalue weighted by atomic mass is 9.98. The molecular formula is C16H16O5. The minimum absolute atomic E-state index is 0.140. The highest BCUT2D eigenvalue weighted by Crippen LogP contribution is 2.39. The van der Waals surface area contributed by atoms with Crippen molar-refractivity contribution < 1.29 is 24.1 Å². The van der Waals surface area contributed by atoms with Gasteiger partial charge in [-0.25, -0.2) is 4.79 Å². The van der Waals surface area contributed by atoms with Crippen LogP contribution in [-0.2, 0) is 0 Å². The van der Waals surface area contributed by atoms with Crippen molar-refractivity contribution >= 4 is 5.97 Å². The molecule has 0 fully saturated rings. The molecule has 0 saturated carbocycles. The number of carboxylic acid groups (broad SMARTS) is 1. The fourth-order valence-electron chi connectivity index (χ4n) is 2.16. The predicted octanol–water partition coefficient (Wildman–Crippen LogP) is 3.08. The molecule has 0 amide bonds. The molecule has 110 valence electrons. The van der Waals surface area contributed by atoms with Crippen LogP contribution < -0.4 is 14.2 Å². The molecule has 0 saturated heterocycles. The Balaban J connectivity index is 2.69. The molecule has 0 aliphatic carbocycles. The van der Waals surface area contributed by atoms with E-state index in [1.807, 2.05) is 0 Å². The fourth-order valence-corrected chi connectivity index (χ4v) is 2.16. The number of rotatable bonds is 5. The summed E-state index contributed by atoms with van der Waals surface area (Å²) in [5.74, 6) is 0.488. The lowest BCUT2D eigenvalue weighted by Gasteiger charge is -2.14. The van der Waals surface area contributed by atoms with Crippen LogP contribution in [0, 0.1) is 0 Å². The van der Waals surface area contributed by atoms with Gasteiger partial charge in [-0.15, -0.1) is 0 Å². The van der Waals surface area contributed by atoms with Crippen molar-refractivity contribution in [3.05, 3.63) is 42.0 Å². The molecule has 2 rings (SSSR count). The first-order valence-electron chi connectivity index (χ1n) is 6.25. The Bertz CT molecular complexity index is 664. The Kier molecular flexibility index (Phi) is 4.33. The van der Waals surface area contributed by atoms with Gasteiger partial charge in [-0.1, -0.05) is 12.1 Å². The first kappa shape index (κ1) is 14.7. The summed E-state index contributed by atoms with van der Waals surface area (Å²) < 4.78 is 15.7. The maximum absolute atomic E-state index is 11.5. The number of methoxy groups -OCH3 is 3. The second-order valence-electron chi connectivity index (χ2n) is 4.26. The maximum atomic E-state index is 11.5. The third-order valence-electron chi connectivity index (χ3n) is 3.15. The summed E-state index contributed by atoms with van der Waals surface area (Å²) >= 11 is 0. The van der Waals surface area contributed by atoms with E-state index >= 15 is 0 Å². The molecule has 0 unspecified atom stereocenters. The zero-order valence-electron chi connectivity index (χ0n) is 12.0. The Morgan fingerprint density at radius 1 is 0.952 bits per heavy atom. The highest BCUT2D eigenvalue weighted by Gasteiger charge is 2.18. The van der Waals surface area contributed by atoms with Gasteiger partial charge >= 0.3 is 5.97 Å². The minimum atomic E-state index is -1.03. The van der Waals surface area contributed by atoms with Crippen molar-refractivity contribution in [2.75, 3.05) is 21.3 Å². The smallest absolute Gasteiger partial charge is 0.336 e. The summed E-state index contributed by atoms with van der Waals surface area (Å²) in [4.78, 5) is 11.5. The van der Waals surface area contributed by atoms with Gasteiger partial charge in [0.2, 0.25) is 0 Å². The van der Waals surface area contributed by atoms with Gasteiger partial charge in [-0.2, -0.15) is 0 Å². The minimum Gasteiger partial charge on any atom is -0.497 e. The first-order valence-corrected chi connectivity index (χ1v) is 6.25. The van der Waals surface area contributed by atoms with Gasteiger partial charge in [0.05, 0.1) is 26.9 Å². The molecule has 0 bridgehead atoms. The van der Waals surface area contributed by atoms with E-state index < -0.39 is 5.97 Å². The lowest BCUT2D eigenvalue weighted by Crippen LogP contribution is -2.02. The number of carboxylic acids is 1. The van der Waals surface area contributed by atoms with Crippen LogP contribution in [0.3, 0.4) is 0 Å². The average Bonchev–Trinajstić information content (AvgIpc) is 2.53. The molecule has 0 aliphatic rings. The molecule has 1 N–H and O–H groups in total. The molecule has 5 heteroatoms. The SMILES string of the molecule is COc1ccc(-c2cccc(OC)c2OC)c(C(=O)O)c1. The average molecular weight is 288 g/mol. The summed E-state index contributed by atoms with van der Waals surface area (Å²) in [6.07, 6.45) is 0. The maximum Gasteiger partial charge on any atom is 0.336 e. The van der Waals surface area contributed by atoms with E-state index in [9.17, 15) is 9.90 Å². The van der Waals surface area contributed by atoms with Crippen molar-refractivity contribution in [2.45, 2.75) is 0 Å². The first-order chi connectivity index (χ1) is 10.1. The predicted molar refractivity (Wildman–Crippen MR) is 78.5 cm³/mol. The summed E-state index contributed by atoms with van der Waals surface area (Å²) in [7, 11) is 4.55. The van der Waals surface area contributed by atoms with Crippen LogP contribution in [0.2, 0.25) is 0 Å². The van der Waals surface area contributed by atoms with E-state index in [-0.39, 0.29) is 5.56 Å². The van der Waals surface area contributed by atoms with Crippen LogP contribution in [-0.4, -0.2) is 32.4 Å². The van der Waals surface area contributed by atoms with Gasteiger partial charge in [0.1, 0.15) is 5.75 Å². The summed E-state index contributed by atoms with van der Waals surface area (Å²) in [5, 5.41) is 9.41. The van der Waals surface area contributed by atoms with Crippen molar-refractivity contribution in [3.8, 4) is 28.4 Å². The van der Waals surface area contributed by atoms with Crippen molar-refractivity contribution in [3.63, 3.8) is 0 Å². The van der Waals surface area contributed by atoms with Crippen molar-refractivity contribution in [1.29, 1.82) is 0 Å². The third kappa shape index (κ3) is 2.76. The van der Waals surface area contributed by atoms with E-state index in [1.54, 1.807) is 30.3 Å². The molecule has 21 heavy (non-hydrogen) atoms. The lowest BCUT2D eigenvalue weighted by molar-refractivity contribution is 0.0697. The van der Waals surface area contributed by atoms with Crippen LogP contribution in [0.5, 0.6) is 17.2 Å². The van der Waals surface area contributed by atoms with Gasteiger partial charge in [0.15, 0.2) is 11.5 Å². The van der Waals surface area contributed by atoms with E-state index in [1.165, 1.54) is 27.4 Å². The summed E-state index contributed by atoms with van der Waals surface area (Å²) in [6.45, 7) is 0. The molecule has 0 atom stereocenters. The van der Waals surface area contributed by atoms with Gasteiger partial charge in [-0.3, -0.25) is 0 Å². The largest absolute Gasteiger partial charge is 0.497 e. The van der Waals surface area contributed by atoms with Crippen LogP contribution in [0.4, 0.5) is 0 Å². The molecule has 0 radical (unpaired) electrons. The van der Waals surface area contributed by atoms with Gasteiger partial charge in [0, 0.05) is 11.1 Å². The number of carbonyl (C=O) groups is 1. The molecular weight excluding hydrogens is 272 g/mol. The van der Waals surface area contributed by atoms with Gasteiger partial charge in [0.25, 0.3) is 0 Å². The van der Waals surface area contributed by atoms with Crippen LogP contribution >= 0.6 is 0 Å². The Labute approximate surface area is 122 Å². The van der Waals surface area contributed by atoms with Crippen LogP contribution in [0.15, 0.2) is 36.4 Å². The number of hydrogen-bond donors (Lipinski definition) is 1.